The monoisotopic (exact) mass is 556 g/mol. The molecule has 3 aliphatic rings. The molecule has 4 rings (SSSR count). The first-order valence-corrected chi connectivity index (χ1v) is 13.5. The molecule has 0 radical (unpaired) electrons. The van der Waals surface area contributed by atoms with Gasteiger partial charge in [-0.05, 0) is 63.4 Å². The lowest BCUT2D eigenvalue weighted by Crippen LogP contribution is -2.65. The Labute approximate surface area is 233 Å². The number of benzene rings is 1. The third-order valence-electron chi connectivity index (χ3n) is 8.47. The molecule has 40 heavy (non-hydrogen) atoms. The predicted octanol–water partition coefficient (Wildman–Crippen LogP) is 1.17. The number of anilines is 1. The number of Topliss-reactive ketones (excluding diaryl/α,β-unsaturated/α-hetero) is 2. The van der Waals surface area contributed by atoms with Gasteiger partial charge in [0.05, 0.1) is 11.6 Å². The molecule has 0 bridgehead atoms. The van der Waals surface area contributed by atoms with Crippen molar-refractivity contribution in [2.75, 3.05) is 39.6 Å². The van der Waals surface area contributed by atoms with Gasteiger partial charge < -0.3 is 36.4 Å². The third-order valence-corrected chi connectivity index (χ3v) is 8.47. The Bertz CT molecular complexity index is 1330. The van der Waals surface area contributed by atoms with Crippen LogP contribution in [0.5, 0.6) is 5.75 Å². The minimum absolute atomic E-state index is 0.0535. The van der Waals surface area contributed by atoms with E-state index < -0.39 is 58.0 Å². The summed E-state index contributed by atoms with van der Waals surface area (Å²) in [6.45, 7) is 5.29. The number of phenols is 1. The lowest BCUT2D eigenvalue weighted by atomic mass is 9.57. The van der Waals surface area contributed by atoms with Crippen molar-refractivity contribution in [2.45, 2.75) is 51.3 Å². The molecule has 7 N–H and O–H groups in total. The van der Waals surface area contributed by atoms with E-state index in [1.54, 1.807) is 14.1 Å². The molecular formula is C29H40N4O7. The van der Waals surface area contributed by atoms with Crippen molar-refractivity contribution in [1.29, 1.82) is 0 Å². The van der Waals surface area contributed by atoms with Crippen molar-refractivity contribution in [1.82, 2.24) is 10.2 Å². The highest BCUT2D eigenvalue weighted by atomic mass is 16.3. The van der Waals surface area contributed by atoms with Crippen LogP contribution in [0.2, 0.25) is 0 Å². The highest BCUT2D eigenvalue weighted by molar-refractivity contribution is 6.24. The number of nitrogens with two attached hydrogens (primary N) is 1. The number of amides is 1. The summed E-state index contributed by atoms with van der Waals surface area (Å²) in [5.74, 6) is -6.01. The van der Waals surface area contributed by atoms with Crippen LogP contribution in [0.1, 0.15) is 43.4 Å². The number of carbonyl (C=O) groups excluding carboxylic acids is 3. The van der Waals surface area contributed by atoms with E-state index in [0.29, 0.717) is 23.6 Å². The molecular weight excluding hydrogens is 516 g/mol. The van der Waals surface area contributed by atoms with Crippen molar-refractivity contribution in [3.05, 3.63) is 39.7 Å². The summed E-state index contributed by atoms with van der Waals surface area (Å²) >= 11 is 0. The number of carbonyl (C=O) groups is 3. The number of aliphatic hydroxyl groups excluding tert-OH is 2. The molecule has 11 nitrogen and oxygen atoms in total. The maximum atomic E-state index is 14.0. The lowest BCUT2D eigenvalue weighted by molar-refractivity contribution is -0.153. The van der Waals surface area contributed by atoms with Gasteiger partial charge in [0.2, 0.25) is 5.78 Å². The van der Waals surface area contributed by atoms with Gasteiger partial charge in [-0.1, -0.05) is 13.8 Å². The molecule has 218 valence electrons. The van der Waals surface area contributed by atoms with Crippen molar-refractivity contribution in [3.8, 4) is 5.75 Å². The Morgan fingerprint density at radius 1 is 1.18 bits per heavy atom. The average Bonchev–Trinajstić information content (AvgIpc) is 2.84. The Hall–Kier alpha value is -3.41. The Balaban J connectivity index is 1.89. The fourth-order valence-electron chi connectivity index (χ4n) is 6.49. The van der Waals surface area contributed by atoms with Crippen LogP contribution in [-0.4, -0.2) is 89.2 Å². The van der Waals surface area contributed by atoms with Gasteiger partial charge >= 0.3 is 0 Å². The zero-order valence-corrected chi connectivity index (χ0v) is 23.9. The van der Waals surface area contributed by atoms with Gasteiger partial charge in [-0.15, -0.1) is 0 Å². The van der Waals surface area contributed by atoms with E-state index in [9.17, 15) is 34.8 Å². The fraction of sp³-hybridized carbons (Fsp3) is 0.552. The zero-order chi connectivity index (χ0) is 29.8. The van der Waals surface area contributed by atoms with E-state index in [2.05, 4.69) is 19.2 Å². The van der Waals surface area contributed by atoms with Gasteiger partial charge in [0, 0.05) is 43.4 Å². The first-order valence-electron chi connectivity index (χ1n) is 13.5. The quantitative estimate of drug-likeness (QED) is 0.201. The van der Waals surface area contributed by atoms with Gasteiger partial charge in [-0.25, -0.2) is 0 Å². The molecule has 0 aromatic heterocycles. The Morgan fingerprint density at radius 3 is 2.38 bits per heavy atom. The number of nitrogens with one attached hydrogen (secondary N) is 1. The molecule has 1 aromatic carbocycles. The smallest absolute Gasteiger partial charge is 0.255 e. The fourth-order valence-corrected chi connectivity index (χ4v) is 6.49. The molecule has 0 spiro atoms. The second kappa shape index (κ2) is 10.5. The predicted molar refractivity (Wildman–Crippen MR) is 150 cm³/mol. The Morgan fingerprint density at radius 2 is 1.82 bits per heavy atom. The van der Waals surface area contributed by atoms with Crippen LogP contribution in [0.15, 0.2) is 23.0 Å². The summed E-state index contributed by atoms with van der Waals surface area (Å²) in [6, 6.07) is 0.745. The highest BCUT2D eigenvalue weighted by Crippen LogP contribution is 2.54. The van der Waals surface area contributed by atoms with Crippen molar-refractivity contribution >= 4 is 28.9 Å². The summed E-state index contributed by atoms with van der Waals surface area (Å²) in [4.78, 5) is 42.8. The normalized spacial score (nSPS) is 26.3. The molecule has 1 amide bonds. The number of likely N-dealkylation sites (N-methyl/N-ethyl adjacent to an activating group) is 1. The summed E-state index contributed by atoms with van der Waals surface area (Å²) in [5.41, 5.74) is 3.78. The second-order valence-corrected chi connectivity index (χ2v) is 12.0. The van der Waals surface area contributed by atoms with Crippen LogP contribution >= 0.6 is 0 Å². The van der Waals surface area contributed by atoms with Gasteiger partial charge in [-0.2, -0.15) is 0 Å². The SMILES string of the molecule is CC(C)CCNCc1cc(N(C)C)c2c(c1O)C(O)=C1C(=O)C3(O)C(O)=C(C(N)=O)C(=O)C(N(C)C)C3CC1C2. The molecule has 4 atom stereocenters. The van der Waals surface area contributed by atoms with Crippen molar-refractivity contribution in [2.24, 2.45) is 23.5 Å². The van der Waals surface area contributed by atoms with Crippen LogP contribution in [0.3, 0.4) is 0 Å². The standard InChI is InChI=1S/C29H40N4O7/c1-13(2)7-8-31-12-15-11-18(32(3)4)16-9-14-10-17-22(33(5)6)25(36)21(28(30)39)27(38)29(17,40)26(37)19(14)24(35)20(16)23(15)34/h11,13-14,17,22,31,34-35,38,40H,7-10,12H2,1-6H3,(H2,30,39). The molecule has 11 heteroatoms. The van der Waals surface area contributed by atoms with E-state index >= 15 is 0 Å². The summed E-state index contributed by atoms with van der Waals surface area (Å²) in [7, 11) is 6.85. The molecule has 1 aromatic rings. The summed E-state index contributed by atoms with van der Waals surface area (Å²) in [6.07, 6.45) is 1.24. The number of ketones is 2. The molecule has 1 saturated carbocycles. The minimum atomic E-state index is -2.65. The van der Waals surface area contributed by atoms with E-state index in [0.717, 1.165) is 18.7 Å². The molecule has 3 aliphatic carbocycles. The number of aliphatic hydroxyl groups is 3. The van der Waals surface area contributed by atoms with E-state index in [-0.39, 0.29) is 29.7 Å². The number of aromatic hydroxyl groups is 1. The van der Waals surface area contributed by atoms with Crippen LogP contribution in [0.4, 0.5) is 5.69 Å². The lowest BCUT2D eigenvalue weighted by Gasteiger charge is -2.50. The maximum Gasteiger partial charge on any atom is 0.255 e. The molecule has 0 aliphatic heterocycles. The maximum absolute atomic E-state index is 14.0. The molecule has 0 heterocycles. The summed E-state index contributed by atoms with van der Waals surface area (Å²) in [5, 5.41) is 48.9. The number of primary amides is 1. The average molecular weight is 557 g/mol. The van der Waals surface area contributed by atoms with E-state index in [4.69, 9.17) is 5.73 Å². The number of fused-ring (bicyclic) bond motifs is 3. The molecule has 4 unspecified atom stereocenters. The van der Waals surface area contributed by atoms with Crippen LogP contribution in [0.25, 0.3) is 5.76 Å². The minimum Gasteiger partial charge on any atom is -0.508 e. The number of hydrogen-bond acceptors (Lipinski definition) is 10. The van der Waals surface area contributed by atoms with E-state index in [1.165, 1.54) is 4.90 Å². The van der Waals surface area contributed by atoms with Gasteiger partial charge in [-0.3, -0.25) is 19.3 Å². The van der Waals surface area contributed by atoms with Crippen LogP contribution in [0, 0.1) is 17.8 Å². The van der Waals surface area contributed by atoms with Gasteiger partial charge in [0.1, 0.15) is 22.8 Å². The molecule has 0 saturated heterocycles. The zero-order valence-electron chi connectivity index (χ0n) is 23.9. The molecule has 1 fully saturated rings. The summed E-state index contributed by atoms with van der Waals surface area (Å²) < 4.78 is 0. The van der Waals surface area contributed by atoms with Gasteiger partial charge in [0.15, 0.2) is 11.4 Å². The van der Waals surface area contributed by atoms with Crippen LogP contribution in [-0.2, 0) is 27.3 Å². The number of phenolic OH excluding ortho intramolecular Hbond substituents is 1. The Kier molecular flexibility index (Phi) is 7.78. The number of hydrogen-bond donors (Lipinski definition) is 6. The number of rotatable bonds is 8. The number of nitrogens with zero attached hydrogens (tertiary/aromatic N) is 2. The van der Waals surface area contributed by atoms with Crippen molar-refractivity contribution < 1.29 is 34.8 Å². The third kappa shape index (κ3) is 4.46. The first kappa shape index (κ1) is 29.6. The van der Waals surface area contributed by atoms with E-state index in [1.807, 2.05) is 25.1 Å². The van der Waals surface area contributed by atoms with Gasteiger partial charge in [0.25, 0.3) is 5.91 Å². The largest absolute Gasteiger partial charge is 0.508 e. The first-order chi connectivity index (χ1) is 18.6. The second-order valence-electron chi connectivity index (χ2n) is 12.0. The highest BCUT2D eigenvalue weighted by Gasteiger charge is 2.64. The van der Waals surface area contributed by atoms with Crippen molar-refractivity contribution in [3.63, 3.8) is 0 Å². The van der Waals surface area contributed by atoms with Crippen LogP contribution < -0.4 is 16.0 Å². The topological polar surface area (TPSA) is 177 Å².